The third kappa shape index (κ3) is 4.72. The van der Waals surface area contributed by atoms with Gasteiger partial charge in [0.1, 0.15) is 5.82 Å². The topological polar surface area (TPSA) is 29.9 Å². The van der Waals surface area contributed by atoms with Gasteiger partial charge in [-0.15, -0.1) is 0 Å². The minimum Gasteiger partial charge on any atom is -0.334 e. The number of hydrogen-bond acceptors (Lipinski definition) is 3. The molecule has 0 saturated carbocycles. The van der Waals surface area contributed by atoms with E-state index in [-0.39, 0.29) is 0 Å². The van der Waals surface area contributed by atoms with Crippen LogP contribution < -0.4 is 5.32 Å². The molecule has 0 spiro atoms. The molecule has 0 aromatic carbocycles. The van der Waals surface area contributed by atoms with Crippen molar-refractivity contribution in [1.82, 2.24) is 14.9 Å². The summed E-state index contributed by atoms with van der Waals surface area (Å²) in [6, 6.07) is 0.369. The van der Waals surface area contributed by atoms with Gasteiger partial charge in [-0.2, -0.15) is 11.8 Å². The molecule has 0 aliphatic carbocycles. The fraction of sp³-hybridized carbons (Fsp3) is 0.769. The SMILES string of the molecule is CCCn1ccnc1C(CSC(C)C)NCC. The molecule has 0 radical (unpaired) electrons. The molecule has 3 nitrogen and oxygen atoms in total. The number of aromatic nitrogens is 2. The van der Waals surface area contributed by atoms with Crippen molar-refractivity contribution >= 4 is 11.8 Å². The molecule has 1 atom stereocenters. The van der Waals surface area contributed by atoms with E-state index < -0.39 is 0 Å². The van der Waals surface area contributed by atoms with E-state index in [0.717, 1.165) is 25.3 Å². The molecule has 1 unspecified atom stereocenters. The number of imidazole rings is 1. The molecular weight excluding hydrogens is 230 g/mol. The summed E-state index contributed by atoms with van der Waals surface area (Å²) in [4.78, 5) is 4.52. The highest BCUT2D eigenvalue weighted by Crippen LogP contribution is 2.20. The van der Waals surface area contributed by atoms with E-state index in [1.165, 1.54) is 5.82 Å². The normalized spacial score (nSPS) is 13.2. The van der Waals surface area contributed by atoms with E-state index in [4.69, 9.17) is 0 Å². The Morgan fingerprint density at radius 1 is 1.41 bits per heavy atom. The molecule has 0 bridgehead atoms. The van der Waals surface area contributed by atoms with Crippen LogP contribution in [0.4, 0.5) is 0 Å². The van der Waals surface area contributed by atoms with Crippen molar-refractivity contribution in [2.75, 3.05) is 12.3 Å². The molecule has 4 heteroatoms. The molecule has 1 aromatic rings. The van der Waals surface area contributed by atoms with Gasteiger partial charge in [0.2, 0.25) is 0 Å². The lowest BCUT2D eigenvalue weighted by Gasteiger charge is -2.19. The summed E-state index contributed by atoms with van der Waals surface area (Å²) in [5.41, 5.74) is 0. The van der Waals surface area contributed by atoms with Crippen molar-refractivity contribution in [1.29, 1.82) is 0 Å². The van der Waals surface area contributed by atoms with Gasteiger partial charge in [0.05, 0.1) is 6.04 Å². The van der Waals surface area contributed by atoms with Gasteiger partial charge >= 0.3 is 0 Å². The Balaban J connectivity index is 2.70. The van der Waals surface area contributed by atoms with E-state index >= 15 is 0 Å². The van der Waals surface area contributed by atoms with Gasteiger partial charge in [-0.05, 0) is 18.2 Å². The average molecular weight is 255 g/mol. The zero-order chi connectivity index (χ0) is 12.7. The lowest BCUT2D eigenvalue weighted by atomic mass is 10.3. The Kier molecular flexibility index (Phi) is 6.66. The van der Waals surface area contributed by atoms with Gasteiger partial charge < -0.3 is 9.88 Å². The van der Waals surface area contributed by atoms with E-state index in [0.29, 0.717) is 11.3 Å². The Hall–Kier alpha value is -0.480. The first kappa shape index (κ1) is 14.6. The highest BCUT2D eigenvalue weighted by molar-refractivity contribution is 7.99. The van der Waals surface area contributed by atoms with Crippen molar-refractivity contribution in [2.24, 2.45) is 0 Å². The van der Waals surface area contributed by atoms with Crippen LogP contribution in [-0.2, 0) is 6.54 Å². The molecule has 1 heterocycles. The molecule has 17 heavy (non-hydrogen) atoms. The number of nitrogens with zero attached hydrogens (tertiary/aromatic N) is 2. The van der Waals surface area contributed by atoms with Gasteiger partial charge in [0.15, 0.2) is 0 Å². The van der Waals surface area contributed by atoms with Crippen LogP contribution in [-0.4, -0.2) is 27.1 Å². The largest absolute Gasteiger partial charge is 0.334 e. The van der Waals surface area contributed by atoms with Crippen LogP contribution in [0.1, 0.15) is 46.0 Å². The van der Waals surface area contributed by atoms with Crippen molar-refractivity contribution in [2.45, 2.75) is 52.0 Å². The molecule has 0 aliphatic heterocycles. The summed E-state index contributed by atoms with van der Waals surface area (Å²) < 4.78 is 2.27. The maximum absolute atomic E-state index is 4.52. The van der Waals surface area contributed by atoms with Crippen LogP contribution >= 0.6 is 11.8 Å². The fourth-order valence-electron chi connectivity index (χ4n) is 1.82. The monoisotopic (exact) mass is 255 g/mol. The molecule has 98 valence electrons. The number of hydrogen-bond donors (Lipinski definition) is 1. The van der Waals surface area contributed by atoms with Crippen molar-refractivity contribution in [3.8, 4) is 0 Å². The van der Waals surface area contributed by atoms with E-state index in [1.54, 1.807) is 0 Å². The summed E-state index contributed by atoms with van der Waals surface area (Å²) in [6.45, 7) is 10.9. The van der Waals surface area contributed by atoms with Crippen molar-refractivity contribution in [3.63, 3.8) is 0 Å². The quantitative estimate of drug-likeness (QED) is 0.774. The van der Waals surface area contributed by atoms with E-state index in [9.17, 15) is 0 Å². The van der Waals surface area contributed by atoms with Gasteiger partial charge in [0.25, 0.3) is 0 Å². The zero-order valence-electron chi connectivity index (χ0n) is 11.4. The second-order valence-corrected chi connectivity index (χ2v) is 6.08. The van der Waals surface area contributed by atoms with Crippen LogP contribution in [0, 0.1) is 0 Å². The van der Waals surface area contributed by atoms with Gasteiger partial charge in [-0.3, -0.25) is 0 Å². The van der Waals surface area contributed by atoms with Gasteiger partial charge in [0, 0.05) is 24.7 Å². The van der Waals surface area contributed by atoms with E-state index in [1.807, 2.05) is 18.0 Å². The minimum absolute atomic E-state index is 0.369. The van der Waals surface area contributed by atoms with Crippen LogP contribution in [0.3, 0.4) is 0 Å². The maximum atomic E-state index is 4.52. The molecule has 1 aromatic heterocycles. The Morgan fingerprint density at radius 2 is 2.18 bits per heavy atom. The Bertz CT molecular complexity index is 309. The molecule has 1 rings (SSSR count). The second-order valence-electron chi connectivity index (χ2n) is 4.47. The van der Waals surface area contributed by atoms with Crippen LogP contribution in [0.5, 0.6) is 0 Å². The van der Waals surface area contributed by atoms with Crippen LogP contribution in [0.15, 0.2) is 12.4 Å². The molecule has 0 saturated heterocycles. The molecule has 0 fully saturated rings. The lowest BCUT2D eigenvalue weighted by Crippen LogP contribution is -2.26. The smallest absolute Gasteiger partial charge is 0.126 e. The van der Waals surface area contributed by atoms with Gasteiger partial charge in [-0.1, -0.05) is 27.7 Å². The van der Waals surface area contributed by atoms with Gasteiger partial charge in [-0.25, -0.2) is 4.98 Å². The predicted octanol–water partition coefficient (Wildman–Crippen LogP) is 3.09. The number of aryl methyl sites for hydroxylation is 1. The van der Waals surface area contributed by atoms with Crippen molar-refractivity contribution in [3.05, 3.63) is 18.2 Å². The summed E-state index contributed by atoms with van der Waals surface area (Å²) in [7, 11) is 0. The maximum Gasteiger partial charge on any atom is 0.126 e. The highest BCUT2D eigenvalue weighted by atomic mass is 32.2. The summed E-state index contributed by atoms with van der Waals surface area (Å²) in [5, 5.41) is 4.21. The zero-order valence-corrected chi connectivity index (χ0v) is 12.3. The number of thioether (sulfide) groups is 1. The molecule has 1 N–H and O–H groups in total. The third-order valence-electron chi connectivity index (χ3n) is 2.57. The van der Waals surface area contributed by atoms with Crippen LogP contribution in [0.25, 0.3) is 0 Å². The standard InChI is InChI=1S/C13H25N3S/c1-5-8-16-9-7-15-13(16)12(14-6-2)10-17-11(3)4/h7,9,11-12,14H,5-6,8,10H2,1-4H3. The van der Waals surface area contributed by atoms with E-state index in [2.05, 4.69) is 48.8 Å². The summed E-state index contributed by atoms with van der Waals surface area (Å²) in [5.74, 6) is 2.27. The fourth-order valence-corrected chi connectivity index (χ4v) is 2.66. The summed E-state index contributed by atoms with van der Waals surface area (Å²) >= 11 is 1.99. The summed E-state index contributed by atoms with van der Waals surface area (Å²) in [6.07, 6.45) is 5.15. The molecule has 0 aliphatic rings. The van der Waals surface area contributed by atoms with Crippen LogP contribution in [0.2, 0.25) is 0 Å². The Labute approximate surface area is 109 Å². The number of rotatable bonds is 8. The molecular formula is C13H25N3S. The first-order valence-electron chi connectivity index (χ1n) is 6.55. The number of nitrogens with one attached hydrogen (secondary N) is 1. The highest BCUT2D eigenvalue weighted by Gasteiger charge is 2.16. The minimum atomic E-state index is 0.369. The first-order chi connectivity index (χ1) is 8.19. The van der Waals surface area contributed by atoms with Crippen molar-refractivity contribution < 1.29 is 0 Å². The first-order valence-corrected chi connectivity index (χ1v) is 7.59. The predicted molar refractivity (Wildman–Crippen MR) is 76.5 cm³/mol. The third-order valence-corrected chi connectivity index (χ3v) is 3.76. The lowest BCUT2D eigenvalue weighted by molar-refractivity contribution is 0.526. The molecule has 0 amide bonds. The second kappa shape index (κ2) is 7.77. The average Bonchev–Trinajstić information content (AvgIpc) is 2.73. The Morgan fingerprint density at radius 3 is 2.76 bits per heavy atom.